The number of carbonyl (C=O) groups excluding carboxylic acids is 2. The van der Waals surface area contributed by atoms with Gasteiger partial charge in [0.1, 0.15) is 5.65 Å². The fraction of sp³-hybridized carbons (Fsp3) is 0.357. The van der Waals surface area contributed by atoms with E-state index in [2.05, 4.69) is 50.5 Å². The molecule has 55 heavy (non-hydrogen) atoms. The number of amides is 2. The minimum absolute atomic E-state index is 0.0691. The molecule has 2 saturated heterocycles. The molecule has 1 aliphatic carbocycles. The number of pyridine rings is 2. The second-order valence-corrected chi connectivity index (χ2v) is 15.5. The van der Waals surface area contributed by atoms with Crippen LogP contribution in [0, 0.1) is 0 Å². The second kappa shape index (κ2) is 16.1. The lowest BCUT2D eigenvalue weighted by Gasteiger charge is -2.17. The molecule has 11 nitrogen and oxygen atoms in total. The summed E-state index contributed by atoms with van der Waals surface area (Å²) in [6, 6.07) is 18.5. The van der Waals surface area contributed by atoms with Gasteiger partial charge in [0.15, 0.2) is 0 Å². The SMILES string of the molecule is COc1nc(C[C@H]2CCc3c(-c4cccc(-c5ccn6c(=O)c(CNC[C@H]7CCC(=O)N7)cnc6c5)c4Cl)cccc32)c(Cl)cc1CNC[C@@H]1CCC(=O)N1. The highest BCUT2D eigenvalue weighted by molar-refractivity contribution is 6.36. The predicted octanol–water partition coefficient (Wildman–Crippen LogP) is 5.75. The van der Waals surface area contributed by atoms with Gasteiger partial charge in [-0.05, 0) is 78.5 Å². The van der Waals surface area contributed by atoms with Crippen molar-refractivity contribution >= 4 is 40.7 Å². The molecular formula is C42H43Cl2N7O4. The van der Waals surface area contributed by atoms with E-state index in [0.29, 0.717) is 72.6 Å². The van der Waals surface area contributed by atoms with Crippen LogP contribution in [0.25, 0.3) is 27.9 Å². The molecule has 2 amide bonds. The molecule has 3 aromatic heterocycles. The Kier molecular flexibility index (Phi) is 10.9. The molecule has 284 valence electrons. The number of hydrogen-bond acceptors (Lipinski definition) is 8. The maximum absolute atomic E-state index is 13.3. The van der Waals surface area contributed by atoms with Crippen molar-refractivity contribution in [1.82, 2.24) is 35.6 Å². The van der Waals surface area contributed by atoms with E-state index in [-0.39, 0.29) is 35.4 Å². The summed E-state index contributed by atoms with van der Waals surface area (Å²) >= 11 is 14.1. The van der Waals surface area contributed by atoms with Crippen LogP contribution in [-0.2, 0) is 35.5 Å². The molecular weight excluding hydrogens is 737 g/mol. The molecule has 0 bridgehead atoms. The standard InChI is InChI=1S/C42H43Cl2N7O4/c1-55-41-26(19-45-22-28-9-12-38(52)48-28)16-35(43)36(50-41)17-24-8-11-33-30(24)4-2-6-32(33)34-7-3-5-31(40(34)44)25-14-15-51-37(18-25)47-21-27(42(51)54)20-46-23-29-10-13-39(53)49-29/h2-7,14-16,18,21,24,28-29,45-46H,8-13,17,19-20,22-23H2,1H3,(H,48,52)(H,49,53)/t24-,28+,29-/m1/s1. The van der Waals surface area contributed by atoms with Crippen LogP contribution in [0.3, 0.4) is 0 Å². The van der Waals surface area contributed by atoms with E-state index in [1.54, 1.807) is 23.9 Å². The summed E-state index contributed by atoms with van der Waals surface area (Å²) in [6.45, 7) is 2.18. The van der Waals surface area contributed by atoms with Gasteiger partial charge in [-0.3, -0.25) is 18.8 Å². The third-order valence-corrected chi connectivity index (χ3v) is 11.8. The zero-order valence-corrected chi connectivity index (χ0v) is 32.1. The van der Waals surface area contributed by atoms with E-state index in [0.717, 1.165) is 59.2 Å². The highest BCUT2D eigenvalue weighted by atomic mass is 35.5. The summed E-state index contributed by atoms with van der Waals surface area (Å²) in [5.74, 6) is 0.953. The molecule has 0 spiro atoms. The van der Waals surface area contributed by atoms with E-state index in [9.17, 15) is 14.4 Å². The number of rotatable bonds is 13. The van der Waals surface area contributed by atoms with Gasteiger partial charge in [-0.1, -0.05) is 59.6 Å². The molecule has 2 fully saturated rings. The van der Waals surface area contributed by atoms with Gasteiger partial charge in [0.2, 0.25) is 17.7 Å². The van der Waals surface area contributed by atoms with Crippen LogP contribution in [0.15, 0.2) is 71.8 Å². The first-order chi connectivity index (χ1) is 26.7. The third-order valence-electron chi connectivity index (χ3n) is 11.1. The summed E-state index contributed by atoms with van der Waals surface area (Å²) in [5, 5.41) is 13.9. The lowest BCUT2D eigenvalue weighted by molar-refractivity contribution is -0.120. The Morgan fingerprint density at radius 1 is 0.836 bits per heavy atom. The number of aromatic nitrogens is 3. The van der Waals surface area contributed by atoms with E-state index >= 15 is 0 Å². The topological polar surface area (TPSA) is 139 Å². The van der Waals surface area contributed by atoms with Crippen molar-refractivity contribution in [2.45, 2.75) is 76.0 Å². The lowest BCUT2D eigenvalue weighted by Crippen LogP contribution is -2.36. The number of fused-ring (bicyclic) bond motifs is 2. The molecule has 0 saturated carbocycles. The Morgan fingerprint density at radius 2 is 1.53 bits per heavy atom. The van der Waals surface area contributed by atoms with E-state index < -0.39 is 0 Å². The number of benzene rings is 2. The largest absolute Gasteiger partial charge is 0.481 e. The average molecular weight is 781 g/mol. The Balaban J connectivity index is 0.985. The van der Waals surface area contributed by atoms with Crippen LogP contribution < -0.4 is 31.6 Å². The molecule has 0 unspecified atom stereocenters. The minimum Gasteiger partial charge on any atom is -0.481 e. The predicted molar refractivity (Wildman–Crippen MR) is 214 cm³/mol. The number of nitrogens with one attached hydrogen (secondary N) is 4. The lowest BCUT2D eigenvalue weighted by atomic mass is 9.91. The summed E-state index contributed by atoms with van der Waals surface area (Å²) in [4.78, 5) is 45.9. The normalized spacial score (nSPS) is 19.1. The van der Waals surface area contributed by atoms with Crippen molar-refractivity contribution in [2.24, 2.45) is 0 Å². The number of ether oxygens (including phenoxy) is 1. The number of methoxy groups -OCH3 is 1. The van der Waals surface area contributed by atoms with Crippen molar-refractivity contribution in [3.05, 3.63) is 115 Å². The van der Waals surface area contributed by atoms with Crippen LogP contribution in [0.4, 0.5) is 0 Å². The van der Waals surface area contributed by atoms with Gasteiger partial charge in [-0.25, -0.2) is 9.97 Å². The fourth-order valence-electron chi connectivity index (χ4n) is 8.22. The van der Waals surface area contributed by atoms with Gasteiger partial charge in [-0.15, -0.1) is 0 Å². The van der Waals surface area contributed by atoms with Gasteiger partial charge in [0.25, 0.3) is 5.56 Å². The Bertz CT molecular complexity index is 2350. The molecule has 2 aliphatic heterocycles. The molecule has 4 N–H and O–H groups in total. The molecule has 2 aromatic carbocycles. The Morgan fingerprint density at radius 3 is 2.24 bits per heavy atom. The summed E-state index contributed by atoms with van der Waals surface area (Å²) in [7, 11) is 1.63. The van der Waals surface area contributed by atoms with Crippen molar-refractivity contribution in [3.63, 3.8) is 0 Å². The van der Waals surface area contributed by atoms with Crippen molar-refractivity contribution < 1.29 is 14.3 Å². The van der Waals surface area contributed by atoms with Crippen LogP contribution in [0.5, 0.6) is 5.88 Å². The fourth-order valence-corrected chi connectivity index (χ4v) is 8.81. The van der Waals surface area contributed by atoms with Crippen LogP contribution in [-0.4, -0.2) is 58.5 Å². The van der Waals surface area contributed by atoms with E-state index in [4.69, 9.17) is 32.9 Å². The number of hydrogen-bond donors (Lipinski definition) is 4. The van der Waals surface area contributed by atoms with Gasteiger partial charge < -0.3 is 26.0 Å². The van der Waals surface area contributed by atoms with Crippen molar-refractivity contribution in [1.29, 1.82) is 0 Å². The van der Waals surface area contributed by atoms with Gasteiger partial charge in [0, 0.05) is 85.8 Å². The quantitative estimate of drug-likeness (QED) is 0.119. The number of halogens is 2. The monoisotopic (exact) mass is 779 g/mol. The van der Waals surface area contributed by atoms with Crippen LogP contribution >= 0.6 is 23.2 Å². The first-order valence-corrected chi connectivity index (χ1v) is 19.6. The van der Waals surface area contributed by atoms with Gasteiger partial charge in [0.05, 0.1) is 22.8 Å². The Labute approximate surface area is 329 Å². The maximum atomic E-state index is 13.3. The minimum atomic E-state index is -0.136. The molecule has 3 aliphatic rings. The third kappa shape index (κ3) is 7.84. The highest BCUT2D eigenvalue weighted by Gasteiger charge is 2.28. The Hall–Kier alpha value is -4.81. The maximum Gasteiger partial charge on any atom is 0.262 e. The molecule has 13 heteroatoms. The second-order valence-electron chi connectivity index (χ2n) is 14.7. The molecule has 5 aromatic rings. The first kappa shape index (κ1) is 37.1. The smallest absolute Gasteiger partial charge is 0.262 e. The molecule has 0 radical (unpaired) electrons. The van der Waals surface area contributed by atoms with Crippen molar-refractivity contribution in [2.75, 3.05) is 20.2 Å². The first-order valence-electron chi connectivity index (χ1n) is 18.9. The van der Waals surface area contributed by atoms with Gasteiger partial charge in [-0.2, -0.15) is 0 Å². The zero-order valence-electron chi connectivity index (χ0n) is 30.6. The summed E-state index contributed by atoms with van der Waals surface area (Å²) in [6.07, 6.45) is 8.66. The zero-order chi connectivity index (χ0) is 38.1. The summed E-state index contributed by atoms with van der Waals surface area (Å²) < 4.78 is 7.25. The van der Waals surface area contributed by atoms with Crippen molar-refractivity contribution in [3.8, 4) is 28.1 Å². The number of carbonyl (C=O) groups is 2. The van der Waals surface area contributed by atoms with Gasteiger partial charge >= 0.3 is 0 Å². The van der Waals surface area contributed by atoms with E-state index in [1.165, 1.54) is 11.1 Å². The van der Waals surface area contributed by atoms with Crippen LogP contribution in [0.1, 0.15) is 66.0 Å². The highest BCUT2D eigenvalue weighted by Crippen LogP contribution is 2.44. The summed E-state index contributed by atoms with van der Waals surface area (Å²) in [5.41, 5.74) is 8.97. The molecule has 3 atom stereocenters. The number of nitrogens with zero attached hydrogens (tertiary/aromatic N) is 3. The molecule has 5 heterocycles. The van der Waals surface area contributed by atoms with Crippen LogP contribution in [0.2, 0.25) is 10.0 Å². The average Bonchev–Trinajstić information content (AvgIpc) is 3.93. The van der Waals surface area contributed by atoms with E-state index in [1.807, 2.05) is 30.3 Å². The molecule has 8 rings (SSSR count).